The number of ether oxygens (including phenoxy) is 1. The number of benzene rings is 3. The Hall–Kier alpha value is -2.67. The van der Waals surface area contributed by atoms with E-state index in [2.05, 4.69) is 4.74 Å². The molecule has 0 amide bonds. The lowest BCUT2D eigenvalue weighted by Crippen LogP contribution is -2.24. The van der Waals surface area contributed by atoms with Crippen LogP contribution in [0.1, 0.15) is 24.5 Å². The summed E-state index contributed by atoms with van der Waals surface area (Å²) >= 11 is 5.98. The van der Waals surface area contributed by atoms with Gasteiger partial charge in [0.2, 0.25) is 0 Å². The maximum absolute atomic E-state index is 14.7. The van der Waals surface area contributed by atoms with Crippen molar-refractivity contribution in [2.45, 2.75) is 25.9 Å². The molecule has 0 spiro atoms. The SMILES string of the molecule is CCCc1ccc(-c2ccc(C(F)(F)Oc3cc(F)c(F)c(F)c3)c(F)c2Cl)cc1. The molecule has 158 valence electrons. The van der Waals surface area contributed by atoms with E-state index in [9.17, 15) is 26.3 Å². The summed E-state index contributed by atoms with van der Waals surface area (Å²) in [5.74, 6) is -7.74. The van der Waals surface area contributed by atoms with Gasteiger partial charge in [-0.05, 0) is 23.6 Å². The van der Waals surface area contributed by atoms with Crippen molar-refractivity contribution in [2.24, 2.45) is 0 Å². The minimum atomic E-state index is -4.33. The smallest absolute Gasteiger partial charge is 0.429 e. The van der Waals surface area contributed by atoms with Crippen LogP contribution in [0.15, 0.2) is 48.5 Å². The summed E-state index contributed by atoms with van der Waals surface area (Å²) in [6.45, 7) is 2.02. The zero-order valence-electron chi connectivity index (χ0n) is 15.6. The highest BCUT2D eigenvalue weighted by atomic mass is 35.5. The van der Waals surface area contributed by atoms with E-state index >= 15 is 0 Å². The second kappa shape index (κ2) is 8.60. The zero-order valence-corrected chi connectivity index (χ0v) is 16.3. The van der Waals surface area contributed by atoms with Gasteiger partial charge in [-0.25, -0.2) is 17.6 Å². The van der Waals surface area contributed by atoms with E-state index in [0.29, 0.717) is 5.56 Å². The summed E-state index contributed by atoms with van der Waals surface area (Å²) in [5.41, 5.74) is 0.546. The fraction of sp³-hybridized carbons (Fsp3) is 0.182. The Balaban J connectivity index is 1.93. The molecule has 8 heteroatoms. The first-order valence-corrected chi connectivity index (χ1v) is 9.31. The van der Waals surface area contributed by atoms with Crippen LogP contribution in [0.4, 0.5) is 26.3 Å². The first-order valence-electron chi connectivity index (χ1n) is 8.93. The summed E-state index contributed by atoms with van der Waals surface area (Å²) in [4.78, 5) is 0. The zero-order chi connectivity index (χ0) is 22.1. The van der Waals surface area contributed by atoms with Gasteiger partial charge in [0.05, 0.1) is 5.02 Å². The van der Waals surface area contributed by atoms with Crippen molar-refractivity contribution in [1.82, 2.24) is 0 Å². The van der Waals surface area contributed by atoms with Crippen LogP contribution in [0, 0.1) is 23.3 Å². The lowest BCUT2D eigenvalue weighted by atomic mass is 10.0. The fourth-order valence-electron chi connectivity index (χ4n) is 2.93. The second-order valence-electron chi connectivity index (χ2n) is 6.56. The van der Waals surface area contributed by atoms with Crippen LogP contribution < -0.4 is 4.74 Å². The van der Waals surface area contributed by atoms with E-state index in [-0.39, 0.29) is 17.7 Å². The second-order valence-corrected chi connectivity index (χ2v) is 6.93. The van der Waals surface area contributed by atoms with Gasteiger partial charge in [-0.15, -0.1) is 0 Å². The van der Waals surface area contributed by atoms with Crippen molar-refractivity contribution in [3.63, 3.8) is 0 Å². The number of halogens is 7. The first kappa shape index (κ1) is 22.0. The summed E-state index contributed by atoms with van der Waals surface area (Å²) in [5, 5.41) is -0.560. The molecule has 0 aliphatic carbocycles. The van der Waals surface area contributed by atoms with Crippen molar-refractivity contribution >= 4 is 11.6 Å². The average molecular weight is 445 g/mol. The Morgan fingerprint density at radius 1 is 0.867 bits per heavy atom. The van der Waals surface area contributed by atoms with Crippen LogP contribution in [-0.4, -0.2) is 0 Å². The van der Waals surface area contributed by atoms with E-state index in [1.807, 2.05) is 19.1 Å². The Labute approximate surface area is 173 Å². The maximum atomic E-state index is 14.7. The van der Waals surface area contributed by atoms with Gasteiger partial charge in [0.25, 0.3) is 0 Å². The van der Waals surface area contributed by atoms with Gasteiger partial charge in [-0.2, -0.15) is 8.78 Å². The molecular formula is C22H15ClF6O. The van der Waals surface area contributed by atoms with Gasteiger partial charge in [-0.3, -0.25) is 0 Å². The van der Waals surface area contributed by atoms with E-state index in [1.165, 1.54) is 6.07 Å². The molecule has 0 aliphatic heterocycles. The van der Waals surface area contributed by atoms with Crippen LogP contribution >= 0.6 is 11.6 Å². The quantitative estimate of drug-likeness (QED) is 0.280. The number of hydrogen-bond acceptors (Lipinski definition) is 1. The Bertz CT molecular complexity index is 1040. The predicted molar refractivity (Wildman–Crippen MR) is 102 cm³/mol. The van der Waals surface area contributed by atoms with Crippen molar-refractivity contribution in [1.29, 1.82) is 0 Å². The van der Waals surface area contributed by atoms with Gasteiger partial charge >= 0.3 is 6.11 Å². The minimum absolute atomic E-state index is 0.190. The topological polar surface area (TPSA) is 9.23 Å². The van der Waals surface area contributed by atoms with Gasteiger partial charge in [0, 0.05) is 17.7 Å². The van der Waals surface area contributed by atoms with Crippen LogP contribution in [0.3, 0.4) is 0 Å². The molecule has 0 atom stereocenters. The normalized spacial score (nSPS) is 11.6. The highest BCUT2D eigenvalue weighted by molar-refractivity contribution is 6.33. The van der Waals surface area contributed by atoms with Crippen LogP contribution in [0.25, 0.3) is 11.1 Å². The molecule has 0 aromatic heterocycles. The predicted octanol–water partition coefficient (Wildman–Crippen LogP) is 7.64. The largest absolute Gasteiger partial charge is 0.429 e. The van der Waals surface area contributed by atoms with Gasteiger partial charge < -0.3 is 4.74 Å². The molecule has 0 radical (unpaired) electrons. The minimum Gasteiger partial charge on any atom is -0.429 e. The van der Waals surface area contributed by atoms with E-state index in [0.717, 1.165) is 24.5 Å². The summed E-state index contributed by atoms with van der Waals surface area (Å²) in [6, 6.07) is 9.49. The summed E-state index contributed by atoms with van der Waals surface area (Å²) < 4.78 is 87.3. The number of hydrogen-bond donors (Lipinski definition) is 0. The van der Waals surface area contributed by atoms with Gasteiger partial charge in [-0.1, -0.05) is 55.3 Å². The summed E-state index contributed by atoms with van der Waals surface area (Å²) in [7, 11) is 0. The highest BCUT2D eigenvalue weighted by Crippen LogP contribution is 2.39. The Morgan fingerprint density at radius 3 is 2.03 bits per heavy atom. The monoisotopic (exact) mass is 444 g/mol. The molecule has 3 aromatic carbocycles. The van der Waals surface area contributed by atoms with E-state index < -0.39 is 45.7 Å². The molecule has 30 heavy (non-hydrogen) atoms. The molecule has 0 heterocycles. The van der Waals surface area contributed by atoms with Gasteiger partial charge in [0.1, 0.15) is 11.3 Å². The molecule has 1 nitrogen and oxygen atoms in total. The summed E-state index contributed by atoms with van der Waals surface area (Å²) in [6.07, 6.45) is -2.52. The molecule has 0 N–H and O–H groups in total. The molecule has 0 saturated carbocycles. The van der Waals surface area contributed by atoms with Crippen molar-refractivity contribution in [2.75, 3.05) is 0 Å². The molecular weight excluding hydrogens is 430 g/mol. The first-order chi connectivity index (χ1) is 14.1. The molecule has 0 bridgehead atoms. The van der Waals surface area contributed by atoms with E-state index in [1.54, 1.807) is 12.1 Å². The van der Waals surface area contributed by atoms with Crippen molar-refractivity contribution < 1.29 is 31.1 Å². The molecule has 0 fully saturated rings. The number of aryl methyl sites for hydroxylation is 1. The van der Waals surface area contributed by atoms with Crippen molar-refractivity contribution in [3.05, 3.63) is 87.9 Å². The van der Waals surface area contributed by atoms with Crippen LogP contribution in [0.2, 0.25) is 5.02 Å². The lowest BCUT2D eigenvalue weighted by molar-refractivity contribution is -0.187. The highest BCUT2D eigenvalue weighted by Gasteiger charge is 2.39. The Kier molecular flexibility index (Phi) is 6.31. The van der Waals surface area contributed by atoms with Crippen LogP contribution in [0.5, 0.6) is 5.75 Å². The van der Waals surface area contributed by atoms with Crippen LogP contribution in [-0.2, 0) is 12.5 Å². The standard InChI is InChI=1S/C22H15ClF6O/c1-2-3-12-4-6-13(7-5-12)15-8-9-16(20(26)19(15)23)22(28,29)30-14-10-17(24)21(27)18(25)11-14/h4-11H,2-3H2,1H3. The average Bonchev–Trinajstić information content (AvgIpc) is 2.68. The number of rotatable bonds is 6. The third-order valence-corrected chi connectivity index (χ3v) is 4.77. The molecule has 0 saturated heterocycles. The molecule has 0 aliphatic rings. The third kappa shape index (κ3) is 4.41. The fourth-order valence-corrected chi connectivity index (χ4v) is 3.20. The lowest BCUT2D eigenvalue weighted by Gasteiger charge is -2.20. The third-order valence-electron chi connectivity index (χ3n) is 4.40. The molecule has 3 aromatic rings. The Morgan fingerprint density at radius 2 is 1.47 bits per heavy atom. The molecule has 3 rings (SSSR count). The van der Waals surface area contributed by atoms with Crippen molar-refractivity contribution in [3.8, 4) is 16.9 Å². The maximum Gasteiger partial charge on any atom is 0.429 e. The number of alkyl halides is 2. The molecule has 0 unspecified atom stereocenters. The van der Waals surface area contributed by atoms with E-state index in [4.69, 9.17) is 11.6 Å². The van der Waals surface area contributed by atoms with Gasteiger partial charge in [0.15, 0.2) is 23.3 Å².